The zero-order valence-corrected chi connectivity index (χ0v) is 9.38. The Morgan fingerprint density at radius 3 is 3.00 bits per heavy atom. The van der Waals surface area contributed by atoms with Crippen molar-refractivity contribution in [1.29, 1.82) is 0 Å². The minimum atomic E-state index is 0.545. The number of hydrogen-bond acceptors (Lipinski definition) is 2. The number of aromatic nitrogens is 2. The van der Waals surface area contributed by atoms with Crippen LogP contribution in [0.25, 0.3) is 21.8 Å². The SMILES string of the molecule is Nc1cc2c(cn1)[nH]c1c(Br)cccc12. The van der Waals surface area contributed by atoms with Gasteiger partial charge in [0.05, 0.1) is 17.2 Å². The molecule has 3 nitrogen and oxygen atoms in total. The van der Waals surface area contributed by atoms with Crippen molar-refractivity contribution in [2.45, 2.75) is 0 Å². The molecular formula is C11H8BrN3. The van der Waals surface area contributed by atoms with E-state index >= 15 is 0 Å². The highest BCUT2D eigenvalue weighted by Crippen LogP contribution is 2.30. The molecule has 74 valence electrons. The molecule has 2 heterocycles. The number of aromatic amines is 1. The molecule has 3 aromatic rings. The molecule has 4 heteroatoms. The second kappa shape index (κ2) is 2.97. The van der Waals surface area contributed by atoms with Crippen molar-refractivity contribution in [3.63, 3.8) is 0 Å². The standard InChI is InChI=1S/C11H8BrN3/c12-8-3-1-2-6-7-4-10(13)14-5-9(7)15-11(6)8/h1-5,15H,(H2,13,14). The Bertz CT molecular complexity index is 657. The predicted molar refractivity (Wildman–Crippen MR) is 65.7 cm³/mol. The lowest BCUT2D eigenvalue weighted by Gasteiger charge is -1.93. The van der Waals surface area contributed by atoms with Crippen LogP contribution in [0.5, 0.6) is 0 Å². The number of benzene rings is 1. The maximum atomic E-state index is 5.68. The lowest BCUT2D eigenvalue weighted by molar-refractivity contribution is 1.35. The third-order valence-corrected chi connectivity index (χ3v) is 3.15. The van der Waals surface area contributed by atoms with Crippen LogP contribution in [0.15, 0.2) is 34.9 Å². The van der Waals surface area contributed by atoms with E-state index in [1.54, 1.807) is 6.20 Å². The molecule has 3 N–H and O–H groups in total. The van der Waals surface area contributed by atoms with E-state index in [-0.39, 0.29) is 0 Å². The molecule has 3 rings (SSSR count). The molecule has 0 bridgehead atoms. The quantitative estimate of drug-likeness (QED) is 0.654. The highest BCUT2D eigenvalue weighted by molar-refractivity contribution is 9.10. The monoisotopic (exact) mass is 261 g/mol. The number of para-hydroxylation sites is 1. The van der Waals surface area contributed by atoms with E-state index in [2.05, 4.69) is 32.0 Å². The average molecular weight is 262 g/mol. The summed E-state index contributed by atoms with van der Waals surface area (Å²) in [6.45, 7) is 0. The Hall–Kier alpha value is -1.55. The highest BCUT2D eigenvalue weighted by Gasteiger charge is 2.06. The molecule has 0 amide bonds. The van der Waals surface area contributed by atoms with Crippen molar-refractivity contribution in [3.05, 3.63) is 34.9 Å². The zero-order chi connectivity index (χ0) is 10.4. The number of halogens is 1. The van der Waals surface area contributed by atoms with E-state index in [0.717, 1.165) is 26.3 Å². The summed E-state index contributed by atoms with van der Waals surface area (Å²) in [5.41, 5.74) is 7.76. The maximum Gasteiger partial charge on any atom is 0.124 e. The summed E-state index contributed by atoms with van der Waals surface area (Å²) >= 11 is 3.51. The third kappa shape index (κ3) is 1.22. The Kier molecular flexibility index (Phi) is 1.73. The number of nitrogens with zero attached hydrogens (tertiary/aromatic N) is 1. The van der Waals surface area contributed by atoms with Crippen LogP contribution in [0.4, 0.5) is 5.82 Å². The molecule has 0 aliphatic carbocycles. The molecule has 0 atom stereocenters. The van der Waals surface area contributed by atoms with Crippen molar-refractivity contribution in [1.82, 2.24) is 9.97 Å². The van der Waals surface area contributed by atoms with Gasteiger partial charge in [-0.1, -0.05) is 12.1 Å². The first-order valence-electron chi connectivity index (χ1n) is 4.57. The van der Waals surface area contributed by atoms with Crippen LogP contribution < -0.4 is 5.73 Å². The van der Waals surface area contributed by atoms with E-state index in [0.29, 0.717) is 5.82 Å². The van der Waals surface area contributed by atoms with Gasteiger partial charge in [-0.25, -0.2) is 4.98 Å². The van der Waals surface area contributed by atoms with Gasteiger partial charge in [0.15, 0.2) is 0 Å². The number of rotatable bonds is 0. The largest absolute Gasteiger partial charge is 0.384 e. The van der Waals surface area contributed by atoms with Gasteiger partial charge in [0.25, 0.3) is 0 Å². The maximum absolute atomic E-state index is 5.68. The smallest absolute Gasteiger partial charge is 0.124 e. The summed E-state index contributed by atoms with van der Waals surface area (Å²) in [5, 5.41) is 2.27. The van der Waals surface area contributed by atoms with Crippen LogP contribution in [-0.4, -0.2) is 9.97 Å². The van der Waals surface area contributed by atoms with Crippen LogP contribution in [-0.2, 0) is 0 Å². The van der Waals surface area contributed by atoms with Crippen LogP contribution in [0.1, 0.15) is 0 Å². The number of H-pyrrole nitrogens is 1. The number of fused-ring (bicyclic) bond motifs is 3. The molecule has 0 saturated carbocycles. The molecule has 0 radical (unpaired) electrons. The van der Waals surface area contributed by atoms with E-state index in [1.165, 1.54) is 0 Å². The molecule has 0 saturated heterocycles. The van der Waals surface area contributed by atoms with Gasteiger partial charge in [0.1, 0.15) is 5.82 Å². The van der Waals surface area contributed by atoms with Crippen LogP contribution in [0.2, 0.25) is 0 Å². The highest BCUT2D eigenvalue weighted by atomic mass is 79.9. The Morgan fingerprint density at radius 1 is 1.27 bits per heavy atom. The number of nitrogen functional groups attached to an aromatic ring is 1. The fourth-order valence-corrected chi connectivity index (χ4v) is 2.27. The predicted octanol–water partition coefficient (Wildman–Crippen LogP) is 3.06. The van der Waals surface area contributed by atoms with Gasteiger partial charge in [0.2, 0.25) is 0 Å². The minimum Gasteiger partial charge on any atom is -0.384 e. The molecule has 0 spiro atoms. The van der Waals surface area contributed by atoms with Crippen molar-refractivity contribution >= 4 is 43.6 Å². The van der Waals surface area contributed by atoms with Gasteiger partial charge in [-0.15, -0.1) is 0 Å². The molecule has 0 fully saturated rings. The van der Waals surface area contributed by atoms with E-state index in [1.807, 2.05) is 18.2 Å². The Morgan fingerprint density at radius 2 is 2.13 bits per heavy atom. The lowest BCUT2D eigenvalue weighted by Crippen LogP contribution is -1.87. The van der Waals surface area contributed by atoms with Crippen molar-refractivity contribution in [2.24, 2.45) is 0 Å². The summed E-state index contributed by atoms with van der Waals surface area (Å²) < 4.78 is 1.05. The number of pyridine rings is 1. The fraction of sp³-hybridized carbons (Fsp3) is 0. The molecule has 2 aromatic heterocycles. The fourth-order valence-electron chi connectivity index (χ4n) is 1.80. The third-order valence-electron chi connectivity index (χ3n) is 2.49. The second-order valence-electron chi connectivity index (χ2n) is 3.44. The average Bonchev–Trinajstić information content (AvgIpc) is 2.58. The first-order chi connectivity index (χ1) is 7.25. The van der Waals surface area contributed by atoms with Crippen LogP contribution >= 0.6 is 15.9 Å². The number of nitrogens with two attached hydrogens (primary N) is 1. The summed E-state index contributed by atoms with van der Waals surface area (Å²) in [4.78, 5) is 7.37. The van der Waals surface area contributed by atoms with Crippen LogP contribution in [0, 0.1) is 0 Å². The Balaban J connectivity index is 2.58. The number of anilines is 1. The number of nitrogens with one attached hydrogen (secondary N) is 1. The topological polar surface area (TPSA) is 54.7 Å². The first kappa shape index (κ1) is 8.73. The Labute approximate surface area is 94.4 Å². The van der Waals surface area contributed by atoms with Gasteiger partial charge in [-0.05, 0) is 28.1 Å². The number of hydrogen-bond donors (Lipinski definition) is 2. The molecule has 0 aliphatic heterocycles. The molecular weight excluding hydrogens is 254 g/mol. The van der Waals surface area contributed by atoms with Crippen molar-refractivity contribution in [2.75, 3.05) is 5.73 Å². The van der Waals surface area contributed by atoms with Crippen LogP contribution in [0.3, 0.4) is 0 Å². The first-order valence-corrected chi connectivity index (χ1v) is 5.36. The van der Waals surface area contributed by atoms with E-state index in [9.17, 15) is 0 Å². The van der Waals surface area contributed by atoms with Crippen molar-refractivity contribution < 1.29 is 0 Å². The molecule has 0 unspecified atom stereocenters. The van der Waals surface area contributed by atoms with E-state index in [4.69, 9.17) is 5.73 Å². The van der Waals surface area contributed by atoms with Gasteiger partial charge >= 0.3 is 0 Å². The normalized spacial score (nSPS) is 11.3. The van der Waals surface area contributed by atoms with Gasteiger partial charge in [-0.3, -0.25) is 0 Å². The minimum absolute atomic E-state index is 0.545. The van der Waals surface area contributed by atoms with Gasteiger partial charge < -0.3 is 10.7 Å². The van der Waals surface area contributed by atoms with Crippen molar-refractivity contribution in [3.8, 4) is 0 Å². The lowest BCUT2D eigenvalue weighted by atomic mass is 10.2. The second-order valence-corrected chi connectivity index (χ2v) is 4.30. The summed E-state index contributed by atoms with van der Waals surface area (Å²) in [5.74, 6) is 0.545. The van der Waals surface area contributed by atoms with Gasteiger partial charge in [-0.2, -0.15) is 0 Å². The van der Waals surface area contributed by atoms with Gasteiger partial charge in [0, 0.05) is 15.2 Å². The molecule has 1 aromatic carbocycles. The zero-order valence-electron chi connectivity index (χ0n) is 7.79. The summed E-state index contributed by atoms with van der Waals surface area (Å²) in [6.07, 6.45) is 1.76. The molecule has 0 aliphatic rings. The molecule has 15 heavy (non-hydrogen) atoms. The summed E-state index contributed by atoms with van der Waals surface area (Å²) in [6, 6.07) is 7.98. The van der Waals surface area contributed by atoms with E-state index < -0.39 is 0 Å². The summed E-state index contributed by atoms with van der Waals surface area (Å²) in [7, 11) is 0.